The third-order valence-electron chi connectivity index (χ3n) is 7.11. The van der Waals surface area contributed by atoms with Gasteiger partial charge in [0.2, 0.25) is 6.79 Å². The average Bonchev–Trinajstić information content (AvgIpc) is 3.35. The number of likely N-dealkylation sites (tertiary alicyclic amines) is 1. The van der Waals surface area contributed by atoms with Crippen molar-refractivity contribution >= 4 is 36.0 Å². The standard InChI is InChI=1S/C27H33N3O3.HI/c1-28-26(30-13-9-22(10-14-30)17-21-5-3-2-4-6-21)29-19-27(11-15-31-16-12-27)23-7-8-24-25(18-23)33-20-32-24;/h2-8,17-18H,9-16,19-20H2,1H3,(H,28,29);1H. The number of benzene rings is 2. The fraction of sp³-hybridized carbons (Fsp3) is 0.444. The summed E-state index contributed by atoms with van der Waals surface area (Å²) >= 11 is 0. The Morgan fingerprint density at radius 3 is 2.50 bits per heavy atom. The molecule has 0 bridgehead atoms. The van der Waals surface area contributed by atoms with E-state index >= 15 is 0 Å². The van der Waals surface area contributed by atoms with Gasteiger partial charge in [-0.2, -0.15) is 0 Å². The summed E-state index contributed by atoms with van der Waals surface area (Å²) in [7, 11) is 1.88. The monoisotopic (exact) mass is 575 g/mol. The highest BCUT2D eigenvalue weighted by Gasteiger charge is 2.36. The Hall–Kier alpha value is -2.26. The number of piperidine rings is 1. The molecular weight excluding hydrogens is 541 g/mol. The van der Waals surface area contributed by atoms with E-state index in [4.69, 9.17) is 14.2 Å². The maximum atomic E-state index is 5.72. The first-order chi connectivity index (χ1) is 16.3. The molecule has 7 heteroatoms. The van der Waals surface area contributed by atoms with E-state index in [1.54, 1.807) is 0 Å². The van der Waals surface area contributed by atoms with Gasteiger partial charge in [0, 0.05) is 45.3 Å². The molecule has 6 nitrogen and oxygen atoms in total. The Kier molecular flexibility index (Phi) is 8.37. The van der Waals surface area contributed by atoms with Crippen LogP contribution >= 0.6 is 24.0 Å². The van der Waals surface area contributed by atoms with Gasteiger partial charge < -0.3 is 24.4 Å². The fourth-order valence-corrected chi connectivity index (χ4v) is 5.07. The summed E-state index contributed by atoms with van der Waals surface area (Å²) < 4.78 is 16.9. The minimum Gasteiger partial charge on any atom is -0.454 e. The quantitative estimate of drug-likeness (QED) is 0.322. The molecule has 0 atom stereocenters. The van der Waals surface area contributed by atoms with Crippen molar-refractivity contribution < 1.29 is 14.2 Å². The highest BCUT2D eigenvalue weighted by atomic mass is 127. The summed E-state index contributed by atoms with van der Waals surface area (Å²) in [5, 5.41) is 3.71. The Bertz CT molecular complexity index is 1010. The van der Waals surface area contributed by atoms with E-state index in [1.807, 2.05) is 13.1 Å². The smallest absolute Gasteiger partial charge is 0.231 e. The summed E-state index contributed by atoms with van der Waals surface area (Å²) in [6.07, 6.45) is 6.42. The number of ether oxygens (including phenoxy) is 3. The van der Waals surface area contributed by atoms with Crippen molar-refractivity contribution in [3.63, 3.8) is 0 Å². The topological polar surface area (TPSA) is 55.3 Å². The second-order valence-corrected chi connectivity index (χ2v) is 9.06. The van der Waals surface area contributed by atoms with Gasteiger partial charge in [-0.05, 0) is 48.9 Å². The van der Waals surface area contributed by atoms with Crippen molar-refractivity contribution in [1.29, 1.82) is 0 Å². The van der Waals surface area contributed by atoms with E-state index in [0.29, 0.717) is 6.79 Å². The molecule has 2 fully saturated rings. The lowest BCUT2D eigenvalue weighted by Crippen LogP contribution is -2.50. The van der Waals surface area contributed by atoms with E-state index in [-0.39, 0.29) is 29.4 Å². The molecule has 0 saturated carbocycles. The lowest BCUT2D eigenvalue weighted by atomic mass is 9.74. The Labute approximate surface area is 219 Å². The van der Waals surface area contributed by atoms with Crippen LogP contribution in [0.25, 0.3) is 6.08 Å². The maximum Gasteiger partial charge on any atom is 0.231 e. The third-order valence-corrected chi connectivity index (χ3v) is 7.11. The van der Waals surface area contributed by atoms with Crippen LogP contribution in [0, 0.1) is 0 Å². The molecule has 34 heavy (non-hydrogen) atoms. The Balaban J connectivity index is 0.00000274. The van der Waals surface area contributed by atoms with Crippen LogP contribution in [0.4, 0.5) is 0 Å². The zero-order valence-electron chi connectivity index (χ0n) is 19.8. The van der Waals surface area contributed by atoms with Crippen molar-refractivity contribution in [2.45, 2.75) is 31.1 Å². The number of rotatable bonds is 4. The van der Waals surface area contributed by atoms with Crippen LogP contribution in [0.15, 0.2) is 59.1 Å². The van der Waals surface area contributed by atoms with Gasteiger partial charge in [-0.25, -0.2) is 0 Å². The van der Waals surface area contributed by atoms with Crippen LogP contribution in [-0.2, 0) is 10.2 Å². The minimum absolute atomic E-state index is 0. The summed E-state index contributed by atoms with van der Waals surface area (Å²) in [5.41, 5.74) is 4.07. The number of hydrogen-bond donors (Lipinski definition) is 1. The van der Waals surface area contributed by atoms with Crippen LogP contribution in [-0.4, -0.2) is 57.5 Å². The normalized spacial score (nSPS) is 19.4. The lowest BCUT2D eigenvalue weighted by Gasteiger charge is -2.40. The van der Waals surface area contributed by atoms with Gasteiger partial charge in [-0.1, -0.05) is 48.0 Å². The van der Waals surface area contributed by atoms with Gasteiger partial charge in [0.05, 0.1) is 0 Å². The molecular formula is C27H34IN3O3. The first-order valence-corrected chi connectivity index (χ1v) is 11.9. The third kappa shape index (κ3) is 5.51. The molecule has 0 unspecified atom stereocenters. The van der Waals surface area contributed by atoms with Crippen LogP contribution in [0.3, 0.4) is 0 Å². The van der Waals surface area contributed by atoms with Crippen molar-refractivity contribution in [3.8, 4) is 11.5 Å². The van der Waals surface area contributed by atoms with Gasteiger partial charge in [0.15, 0.2) is 17.5 Å². The van der Waals surface area contributed by atoms with E-state index in [9.17, 15) is 0 Å². The summed E-state index contributed by atoms with van der Waals surface area (Å²) in [5.74, 6) is 2.66. The van der Waals surface area contributed by atoms with Gasteiger partial charge >= 0.3 is 0 Å². The molecule has 2 aromatic carbocycles. The number of fused-ring (bicyclic) bond motifs is 1. The van der Waals surface area contributed by atoms with E-state index in [2.05, 4.69) is 63.7 Å². The van der Waals surface area contributed by atoms with Crippen molar-refractivity contribution in [2.24, 2.45) is 4.99 Å². The minimum atomic E-state index is -0.0106. The average molecular weight is 575 g/mol. The summed E-state index contributed by atoms with van der Waals surface area (Å²) in [4.78, 5) is 7.01. The Morgan fingerprint density at radius 1 is 1.03 bits per heavy atom. The zero-order chi connectivity index (χ0) is 22.5. The maximum absolute atomic E-state index is 5.72. The summed E-state index contributed by atoms with van der Waals surface area (Å²) in [6, 6.07) is 17.0. The predicted molar refractivity (Wildman–Crippen MR) is 146 cm³/mol. The van der Waals surface area contributed by atoms with Gasteiger partial charge in [-0.3, -0.25) is 4.99 Å². The number of aliphatic imine (C=N–C) groups is 1. The second kappa shape index (κ2) is 11.4. The van der Waals surface area contributed by atoms with Crippen LogP contribution < -0.4 is 14.8 Å². The number of hydrogen-bond acceptors (Lipinski definition) is 4. The molecule has 3 heterocycles. The number of halogens is 1. The molecule has 3 aliphatic rings. The molecule has 0 aliphatic carbocycles. The molecule has 182 valence electrons. The van der Waals surface area contributed by atoms with Crippen LogP contribution in [0.5, 0.6) is 11.5 Å². The van der Waals surface area contributed by atoms with Gasteiger partial charge in [0.25, 0.3) is 0 Å². The van der Waals surface area contributed by atoms with Gasteiger partial charge in [-0.15, -0.1) is 24.0 Å². The molecule has 5 rings (SSSR count). The van der Waals surface area contributed by atoms with E-state index in [1.165, 1.54) is 16.7 Å². The second-order valence-electron chi connectivity index (χ2n) is 9.06. The van der Waals surface area contributed by atoms with E-state index in [0.717, 1.165) is 76.0 Å². The molecule has 0 spiro atoms. The fourth-order valence-electron chi connectivity index (χ4n) is 5.07. The molecule has 0 aromatic heterocycles. The number of guanidine groups is 1. The first-order valence-electron chi connectivity index (χ1n) is 11.9. The number of nitrogens with one attached hydrogen (secondary N) is 1. The van der Waals surface area contributed by atoms with E-state index < -0.39 is 0 Å². The highest BCUT2D eigenvalue weighted by Crippen LogP contribution is 2.40. The predicted octanol–water partition coefficient (Wildman–Crippen LogP) is 4.84. The van der Waals surface area contributed by atoms with Crippen molar-refractivity contribution in [3.05, 3.63) is 65.2 Å². The van der Waals surface area contributed by atoms with Crippen molar-refractivity contribution in [2.75, 3.05) is 46.7 Å². The van der Waals surface area contributed by atoms with Crippen LogP contribution in [0.2, 0.25) is 0 Å². The van der Waals surface area contributed by atoms with Gasteiger partial charge in [0.1, 0.15) is 0 Å². The molecule has 0 amide bonds. The molecule has 2 aromatic rings. The highest BCUT2D eigenvalue weighted by molar-refractivity contribution is 14.0. The lowest BCUT2D eigenvalue weighted by molar-refractivity contribution is 0.0511. The largest absolute Gasteiger partial charge is 0.454 e. The summed E-state index contributed by atoms with van der Waals surface area (Å²) in [6.45, 7) is 4.64. The number of nitrogens with zero attached hydrogens (tertiary/aromatic N) is 2. The molecule has 1 N–H and O–H groups in total. The van der Waals surface area contributed by atoms with Crippen LogP contribution in [0.1, 0.15) is 36.8 Å². The molecule has 3 aliphatic heterocycles. The zero-order valence-corrected chi connectivity index (χ0v) is 22.1. The molecule has 0 radical (unpaired) electrons. The Morgan fingerprint density at radius 2 is 1.76 bits per heavy atom. The SMILES string of the molecule is CN=C(NCC1(c2ccc3c(c2)OCO3)CCOCC1)N1CCC(=Cc2ccccc2)CC1.I. The first kappa shape index (κ1) is 24.9. The molecule has 2 saturated heterocycles. The van der Waals surface area contributed by atoms with Crippen molar-refractivity contribution in [1.82, 2.24) is 10.2 Å².